The van der Waals surface area contributed by atoms with E-state index in [1.165, 1.54) is 0 Å². The van der Waals surface area contributed by atoms with Crippen LogP contribution in [-0.4, -0.2) is 82.5 Å². The number of nitrogens with one attached hydrogen (secondary N) is 3. The Balaban J connectivity index is 5.54. The molecule has 210 valence electrons. The summed E-state index contributed by atoms with van der Waals surface area (Å²) >= 11 is 0. The van der Waals surface area contributed by atoms with Gasteiger partial charge in [-0.05, 0) is 31.6 Å². The van der Waals surface area contributed by atoms with E-state index in [0.29, 0.717) is 0 Å². The van der Waals surface area contributed by atoms with E-state index in [2.05, 4.69) is 20.9 Å². The highest BCUT2D eigenvalue weighted by Crippen LogP contribution is 2.08. The zero-order valence-corrected chi connectivity index (χ0v) is 20.9. The van der Waals surface area contributed by atoms with Crippen molar-refractivity contribution in [3.8, 4) is 0 Å². The van der Waals surface area contributed by atoms with Crippen molar-refractivity contribution in [3.63, 3.8) is 0 Å². The minimum Gasteiger partial charge on any atom is -0.481 e. The maximum absolute atomic E-state index is 13.0. The molecule has 13 N–H and O–H groups in total. The van der Waals surface area contributed by atoms with Gasteiger partial charge in [-0.2, -0.15) is 0 Å². The van der Waals surface area contributed by atoms with Gasteiger partial charge in [-0.25, -0.2) is 4.79 Å². The summed E-state index contributed by atoms with van der Waals surface area (Å²) in [6.45, 7) is 3.35. The molecule has 0 bridgehead atoms. The predicted octanol–water partition coefficient (Wildman–Crippen LogP) is -3.31. The number of carbonyl (C=O) groups excluding carboxylic acids is 4. The molecule has 0 aromatic heterocycles. The lowest BCUT2D eigenvalue weighted by Crippen LogP contribution is -2.58. The second kappa shape index (κ2) is 16.7. The largest absolute Gasteiger partial charge is 0.481 e. The van der Waals surface area contributed by atoms with Gasteiger partial charge in [0.2, 0.25) is 23.6 Å². The Kier molecular flexibility index (Phi) is 14.9. The third kappa shape index (κ3) is 14.3. The fourth-order valence-electron chi connectivity index (χ4n) is 3.06. The fraction of sp³-hybridized carbons (Fsp3) is 0.667. The molecular weight excluding hydrogens is 492 g/mol. The molecule has 0 heterocycles. The Morgan fingerprint density at radius 1 is 0.784 bits per heavy atom. The lowest BCUT2D eigenvalue weighted by Gasteiger charge is -2.27. The second-order valence-corrected chi connectivity index (χ2v) is 8.68. The number of hydrogen-bond donors (Lipinski definition) is 9. The number of aliphatic carboxylic acids is 2. The van der Waals surface area contributed by atoms with E-state index in [-0.39, 0.29) is 44.6 Å². The first-order chi connectivity index (χ1) is 17.1. The zero-order valence-electron chi connectivity index (χ0n) is 20.9. The van der Waals surface area contributed by atoms with Gasteiger partial charge in [0, 0.05) is 19.4 Å². The molecule has 0 saturated carbocycles. The van der Waals surface area contributed by atoms with Gasteiger partial charge >= 0.3 is 11.9 Å². The molecule has 4 amide bonds. The number of nitrogens with two attached hydrogens (primary N) is 4. The highest BCUT2D eigenvalue weighted by molar-refractivity contribution is 5.94. The number of carboxylic acid groups (broad SMARTS) is 2. The predicted molar refractivity (Wildman–Crippen MR) is 131 cm³/mol. The minimum atomic E-state index is -1.49. The fourth-order valence-corrected chi connectivity index (χ4v) is 3.06. The number of hydrogen-bond acceptors (Lipinski definition) is 8. The molecule has 4 unspecified atom stereocenters. The molecule has 0 radical (unpaired) electrons. The van der Waals surface area contributed by atoms with Crippen molar-refractivity contribution in [2.75, 3.05) is 6.54 Å². The summed E-state index contributed by atoms with van der Waals surface area (Å²) in [4.78, 5) is 75.3. The molecule has 37 heavy (non-hydrogen) atoms. The van der Waals surface area contributed by atoms with Crippen LogP contribution in [0.4, 0.5) is 0 Å². The Morgan fingerprint density at radius 3 is 1.86 bits per heavy atom. The van der Waals surface area contributed by atoms with E-state index in [0.717, 1.165) is 0 Å². The molecule has 4 atom stereocenters. The van der Waals surface area contributed by atoms with Crippen LogP contribution < -0.4 is 38.9 Å². The third-order valence-electron chi connectivity index (χ3n) is 5.13. The van der Waals surface area contributed by atoms with E-state index >= 15 is 0 Å². The topological polar surface area (TPSA) is 295 Å². The number of carboxylic acids is 2. The number of rotatable bonds is 18. The van der Waals surface area contributed by atoms with Crippen LogP contribution in [0.25, 0.3) is 0 Å². The average Bonchev–Trinajstić information content (AvgIpc) is 2.79. The van der Waals surface area contributed by atoms with Crippen molar-refractivity contribution in [2.45, 2.75) is 76.5 Å². The number of aliphatic imine (C=N–C) groups is 1. The summed E-state index contributed by atoms with van der Waals surface area (Å²) in [7, 11) is 0. The van der Waals surface area contributed by atoms with Crippen LogP contribution >= 0.6 is 0 Å². The Morgan fingerprint density at radius 2 is 1.38 bits per heavy atom. The van der Waals surface area contributed by atoms with Gasteiger partial charge in [-0.15, -0.1) is 0 Å². The van der Waals surface area contributed by atoms with Gasteiger partial charge in [-0.3, -0.25) is 29.0 Å². The van der Waals surface area contributed by atoms with Crippen LogP contribution in [0.3, 0.4) is 0 Å². The summed E-state index contributed by atoms with van der Waals surface area (Å²) in [6, 6.07) is -4.99. The van der Waals surface area contributed by atoms with Crippen molar-refractivity contribution in [1.82, 2.24) is 16.0 Å². The van der Waals surface area contributed by atoms with Crippen molar-refractivity contribution >= 4 is 41.5 Å². The zero-order chi connectivity index (χ0) is 28.7. The van der Waals surface area contributed by atoms with Crippen LogP contribution in [0, 0.1) is 5.92 Å². The first kappa shape index (κ1) is 33.0. The van der Waals surface area contributed by atoms with E-state index in [1.807, 2.05) is 0 Å². The molecule has 16 nitrogen and oxygen atoms in total. The second-order valence-electron chi connectivity index (χ2n) is 8.68. The normalized spacial score (nSPS) is 13.9. The van der Waals surface area contributed by atoms with E-state index in [9.17, 15) is 33.9 Å². The van der Waals surface area contributed by atoms with Crippen molar-refractivity contribution in [3.05, 3.63) is 0 Å². The van der Waals surface area contributed by atoms with Crippen LogP contribution in [-0.2, 0) is 28.8 Å². The highest BCUT2D eigenvalue weighted by Gasteiger charge is 2.32. The van der Waals surface area contributed by atoms with Crippen LogP contribution in [0.1, 0.15) is 52.4 Å². The summed E-state index contributed by atoms with van der Waals surface area (Å²) in [5.74, 6) is -6.31. The van der Waals surface area contributed by atoms with E-state index in [4.69, 9.17) is 28.0 Å². The number of nitrogens with zero attached hydrogens (tertiary/aromatic N) is 1. The number of carbonyl (C=O) groups is 6. The molecule has 0 aliphatic carbocycles. The summed E-state index contributed by atoms with van der Waals surface area (Å²) in [5, 5.41) is 25.3. The summed E-state index contributed by atoms with van der Waals surface area (Å²) in [6.07, 6.45) is -0.718. The van der Waals surface area contributed by atoms with E-state index in [1.54, 1.807) is 13.8 Å². The van der Waals surface area contributed by atoms with Crippen LogP contribution in [0.5, 0.6) is 0 Å². The summed E-state index contributed by atoms with van der Waals surface area (Å²) in [5.41, 5.74) is 21.4. The van der Waals surface area contributed by atoms with Crippen molar-refractivity contribution in [2.24, 2.45) is 33.8 Å². The molecule has 0 aliphatic rings. The Bertz CT molecular complexity index is 859. The van der Waals surface area contributed by atoms with Gasteiger partial charge in [-0.1, -0.05) is 13.8 Å². The van der Waals surface area contributed by atoms with Crippen LogP contribution in [0.15, 0.2) is 4.99 Å². The molecule has 0 aromatic rings. The van der Waals surface area contributed by atoms with Gasteiger partial charge in [0.05, 0.1) is 6.04 Å². The minimum absolute atomic E-state index is 0.0482. The number of primary amides is 1. The smallest absolute Gasteiger partial charge is 0.326 e. The molecule has 0 aliphatic heterocycles. The quantitative estimate of drug-likeness (QED) is 0.0480. The summed E-state index contributed by atoms with van der Waals surface area (Å²) < 4.78 is 0. The average molecular weight is 531 g/mol. The van der Waals surface area contributed by atoms with Gasteiger partial charge < -0.3 is 49.1 Å². The monoisotopic (exact) mass is 530 g/mol. The number of amides is 4. The first-order valence-corrected chi connectivity index (χ1v) is 11.6. The lowest BCUT2D eigenvalue weighted by molar-refractivity contribution is -0.143. The maximum Gasteiger partial charge on any atom is 0.326 e. The highest BCUT2D eigenvalue weighted by atomic mass is 16.4. The molecule has 0 spiro atoms. The van der Waals surface area contributed by atoms with E-state index < -0.39 is 72.1 Å². The standard InChI is InChI=1S/C21H38N8O8/c1-10(2)16(19(35)28-13(20(36)37)6-8-15(31)32)29-18(34)12(4-3-9-26-21(24)25)27-17(33)11(22)5-7-14(23)30/h10-13,16H,3-9,22H2,1-2H3,(H2,23,30)(H,27,33)(H,28,35)(H,29,34)(H,31,32)(H,36,37)(H4,24,25,26). The molecular formula is C21H38N8O8. The molecule has 0 saturated heterocycles. The maximum atomic E-state index is 13.0. The van der Waals surface area contributed by atoms with Crippen molar-refractivity contribution < 1.29 is 39.0 Å². The SMILES string of the molecule is CC(C)C(NC(=O)C(CCCN=C(N)N)NC(=O)C(N)CCC(N)=O)C(=O)NC(CCC(=O)O)C(=O)O. The lowest BCUT2D eigenvalue weighted by atomic mass is 10.0. The Hall–Kier alpha value is -3.95. The van der Waals surface area contributed by atoms with Gasteiger partial charge in [0.25, 0.3) is 0 Å². The molecule has 16 heteroatoms. The Labute approximate surface area is 214 Å². The van der Waals surface area contributed by atoms with Crippen molar-refractivity contribution in [1.29, 1.82) is 0 Å². The first-order valence-electron chi connectivity index (χ1n) is 11.6. The molecule has 0 aromatic carbocycles. The van der Waals surface area contributed by atoms with Gasteiger partial charge in [0.1, 0.15) is 18.1 Å². The third-order valence-corrected chi connectivity index (χ3v) is 5.13. The molecule has 0 fully saturated rings. The molecule has 0 rings (SSSR count). The van der Waals surface area contributed by atoms with Gasteiger partial charge in [0.15, 0.2) is 5.96 Å². The van der Waals surface area contributed by atoms with Crippen LogP contribution in [0.2, 0.25) is 0 Å². The number of guanidine groups is 1.